The predicted molar refractivity (Wildman–Crippen MR) is 83.9 cm³/mol. The van der Waals surface area contributed by atoms with E-state index in [0.29, 0.717) is 11.7 Å². The molecule has 0 spiro atoms. The van der Waals surface area contributed by atoms with E-state index in [4.69, 9.17) is 0 Å². The van der Waals surface area contributed by atoms with E-state index in [1.807, 2.05) is 26.0 Å². The zero-order chi connectivity index (χ0) is 15.6. The van der Waals surface area contributed by atoms with E-state index in [2.05, 4.69) is 5.32 Å². The van der Waals surface area contributed by atoms with Crippen LogP contribution in [-0.4, -0.2) is 33.2 Å². The summed E-state index contributed by atoms with van der Waals surface area (Å²) in [6, 6.07) is 5.91. The smallest absolute Gasteiger partial charge is 0.232 e. The summed E-state index contributed by atoms with van der Waals surface area (Å²) in [5.74, 6) is -0.0871. The van der Waals surface area contributed by atoms with Gasteiger partial charge in [-0.3, -0.25) is 9.10 Å². The second kappa shape index (κ2) is 6.05. The number of nitrogens with one attached hydrogen (secondary N) is 1. The molecule has 1 amide bonds. The summed E-state index contributed by atoms with van der Waals surface area (Å²) in [5.41, 5.74) is 2.61. The van der Waals surface area contributed by atoms with Crippen LogP contribution in [0.3, 0.4) is 0 Å². The molecule has 1 aromatic carbocycles. The van der Waals surface area contributed by atoms with Crippen molar-refractivity contribution in [1.82, 2.24) is 5.32 Å². The Morgan fingerprint density at radius 2 is 2.00 bits per heavy atom. The van der Waals surface area contributed by atoms with Crippen LogP contribution in [0, 0.1) is 13.8 Å². The molecule has 6 heteroatoms. The highest BCUT2D eigenvalue weighted by molar-refractivity contribution is 7.92. The Morgan fingerprint density at radius 1 is 1.33 bits per heavy atom. The minimum atomic E-state index is -3.41. The van der Waals surface area contributed by atoms with Crippen molar-refractivity contribution >= 4 is 21.6 Å². The summed E-state index contributed by atoms with van der Waals surface area (Å²) >= 11 is 0. The van der Waals surface area contributed by atoms with Crippen LogP contribution >= 0.6 is 0 Å². The minimum Gasteiger partial charge on any atom is -0.353 e. The fraction of sp³-hybridized carbons (Fsp3) is 0.533. The highest BCUT2D eigenvalue weighted by atomic mass is 32.2. The van der Waals surface area contributed by atoms with Crippen LogP contribution in [-0.2, 0) is 14.8 Å². The number of benzene rings is 1. The largest absolute Gasteiger partial charge is 0.353 e. The van der Waals surface area contributed by atoms with Gasteiger partial charge < -0.3 is 5.32 Å². The first-order valence-electron chi connectivity index (χ1n) is 7.11. The summed E-state index contributed by atoms with van der Waals surface area (Å²) in [4.78, 5) is 11.8. The number of carbonyl (C=O) groups is 1. The first-order valence-corrected chi connectivity index (χ1v) is 8.96. The van der Waals surface area contributed by atoms with E-state index >= 15 is 0 Å². The average Bonchev–Trinajstić information content (AvgIpc) is 3.14. The maximum atomic E-state index is 12.0. The van der Waals surface area contributed by atoms with Gasteiger partial charge in [0.15, 0.2) is 0 Å². The summed E-state index contributed by atoms with van der Waals surface area (Å²) in [5, 5.41) is 2.88. The van der Waals surface area contributed by atoms with Crippen molar-refractivity contribution in [3.63, 3.8) is 0 Å². The fourth-order valence-corrected chi connectivity index (χ4v) is 3.27. The molecule has 0 atom stereocenters. The molecule has 0 bridgehead atoms. The van der Waals surface area contributed by atoms with Crippen LogP contribution in [0.4, 0.5) is 5.69 Å². The van der Waals surface area contributed by atoms with Crippen LogP contribution in [0.15, 0.2) is 18.2 Å². The Bertz CT molecular complexity index is 636. The number of hydrogen-bond acceptors (Lipinski definition) is 3. The first kappa shape index (κ1) is 15.8. The third kappa shape index (κ3) is 4.46. The first-order chi connectivity index (χ1) is 9.77. The van der Waals surface area contributed by atoms with Crippen molar-refractivity contribution in [2.45, 2.75) is 39.2 Å². The Balaban J connectivity index is 2.12. The number of anilines is 1. The Kier molecular flexibility index (Phi) is 4.56. The number of nitrogens with zero attached hydrogens (tertiary/aromatic N) is 1. The number of carbonyl (C=O) groups excluding carboxylic acids is 1. The van der Waals surface area contributed by atoms with Gasteiger partial charge in [0.2, 0.25) is 15.9 Å². The molecule has 2 rings (SSSR count). The molecular weight excluding hydrogens is 288 g/mol. The highest BCUT2D eigenvalue weighted by Crippen LogP contribution is 2.24. The van der Waals surface area contributed by atoms with Gasteiger partial charge in [0, 0.05) is 19.0 Å². The fourth-order valence-electron chi connectivity index (χ4n) is 2.28. The van der Waals surface area contributed by atoms with Crippen molar-refractivity contribution in [3.05, 3.63) is 29.3 Å². The minimum absolute atomic E-state index is 0.0871. The summed E-state index contributed by atoms with van der Waals surface area (Å²) in [6.07, 6.45) is 3.40. The van der Waals surface area contributed by atoms with Crippen LogP contribution in [0.2, 0.25) is 0 Å². The topological polar surface area (TPSA) is 66.5 Å². The molecule has 116 valence electrons. The van der Waals surface area contributed by atoms with Gasteiger partial charge in [-0.25, -0.2) is 8.42 Å². The quantitative estimate of drug-likeness (QED) is 0.870. The van der Waals surface area contributed by atoms with Crippen molar-refractivity contribution in [2.24, 2.45) is 0 Å². The number of aryl methyl sites for hydroxylation is 2. The van der Waals surface area contributed by atoms with E-state index in [1.54, 1.807) is 6.07 Å². The highest BCUT2D eigenvalue weighted by Gasteiger charge is 2.25. The molecule has 1 aliphatic carbocycles. The standard InChI is InChI=1S/C15H22N2O3S/c1-11-4-7-14(12(2)10-11)17(21(3,19)20)9-8-15(18)16-13-5-6-13/h4,7,10,13H,5-6,8-9H2,1-3H3,(H,16,18). The van der Waals surface area contributed by atoms with Gasteiger partial charge >= 0.3 is 0 Å². The van der Waals surface area contributed by atoms with Crippen LogP contribution in [0.1, 0.15) is 30.4 Å². The van der Waals surface area contributed by atoms with Gasteiger partial charge in [0.05, 0.1) is 11.9 Å². The van der Waals surface area contributed by atoms with Crippen molar-refractivity contribution < 1.29 is 13.2 Å². The van der Waals surface area contributed by atoms with Gasteiger partial charge in [0.1, 0.15) is 0 Å². The Morgan fingerprint density at radius 3 is 2.52 bits per heavy atom. The van der Waals surface area contributed by atoms with Gasteiger partial charge in [-0.05, 0) is 38.3 Å². The molecule has 0 radical (unpaired) electrons. The van der Waals surface area contributed by atoms with E-state index in [9.17, 15) is 13.2 Å². The SMILES string of the molecule is Cc1ccc(N(CCC(=O)NC2CC2)S(C)(=O)=O)c(C)c1. The Hall–Kier alpha value is -1.56. The molecule has 1 aliphatic rings. The maximum Gasteiger partial charge on any atom is 0.232 e. The molecular formula is C15H22N2O3S. The second-order valence-corrected chi connectivity index (χ2v) is 7.62. The summed E-state index contributed by atoms with van der Waals surface area (Å²) < 4.78 is 25.3. The molecule has 1 fully saturated rings. The molecule has 1 aromatic rings. The van der Waals surface area contributed by atoms with Gasteiger partial charge in [-0.15, -0.1) is 0 Å². The molecule has 0 aromatic heterocycles. The van der Waals surface area contributed by atoms with Crippen LogP contribution in [0.5, 0.6) is 0 Å². The molecule has 1 saturated carbocycles. The average molecular weight is 310 g/mol. The molecule has 0 aliphatic heterocycles. The van der Waals surface area contributed by atoms with E-state index in [1.165, 1.54) is 10.6 Å². The lowest BCUT2D eigenvalue weighted by atomic mass is 10.1. The van der Waals surface area contributed by atoms with Crippen LogP contribution in [0.25, 0.3) is 0 Å². The number of rotatable bonds is 6. The summed E-state index contributed by atoms with van der Waals surface area (Å²) in [7, 11) is -3.41. The Labute approximate surface area is 126 Å². The number of amides is 1. The van der Waals surface area contributed by atoms with Crippen molar-refractivity contribution in [2.75, 3.05) is 17.1 Å². The molecule has 0 saturated heterocycles. The normalized spacial score (nSPS) is 14.8. The number of sulfonamides is 1. The van der Waals surface area contributed by atoms with E-state index in [-0.39, 0.29) is 18.9 Å². The van der Waals surface area contributed by atoms with Crippen molar-refractivity contribution in [1.29, 1.82) is 0 Å². The molecule has 21 heavy (non-hydrogen) atoms. The van der Waals surface area contributed by atoms with Crippen molar-refractivity contribution in [3.8, 4) is 0 Å². The third-order valence-corrected chi connectivity index (χ3v) is 4.69. The molecule has 0 heterocycles. The van der Waals surface area contributed by atoms with Crippen LogP contribution < -0.4 is 9.62 Å². The third-order valence-electron chi connectivity index (χ3n) is 3.51. The lowest BCUT2D eigenvalue weighted by Crippen LogP contribution is -2.35. The number of hydrogen-bond donors (Lipinski definition) is 1. The predicted octanol–water partition coefficient (Wildman–Crippen LogP) is 1.74. The van der Waals surface area contributed by atoms with E-state index in [0.717, 1.165) is 24.0 Å². The zero-order valence-electron chi connectivity index (χ0n) is 12.7. The molecule has 5 nitrogen and oxygen atoms in total. The zero-order valence-corrected chi connectivity index (χ0v) is 13.5. The van der Waals surface area contributed by atoms with Gasteiger partial charge in [-0.1, -0.05) is 17.7 Å². The molecule has 1 N–H and O–H groups in total. The second-order valence-electron chi connectivity index (χ2n) is 5.72. The lowest BCUT2D eigenvalue weighted by molar-refractivity contribution is -0.121. The lowest BCUT2D eigenvalue weighted by Gasteiger charge is -2.24. The van der Waals surface area contributed by atoms with Gasteiger partial charge in [-0.2, -0.15) is 0 Å². The monoisotopic (exact) mass is 310 g/mol. The molecule has 0 unspecified atom stereocenters. The van der Waals surface area contributed by atoms with E-state index < -0.39 is 10.0 Å². The summed E-state index contributed by atoms with van der Waals surface area (Å²) in [6.45, 7) is 4.01. The van der Waals surface area contributed by atoms with Gasteiger partial charge in [0.25, 0.3) is 0 Å². The maximum absolute atomic E-state index is 12.0.